The second kappa shape index (κ2) is 6.09. The molecule has 1 radical (unpaired) electrons. The molecule has 0 rings (SSSR count). The van der Waals surface area contributed by atoms with E-state index >= 15 is 0 Å². The molecule has 0 saturated heterocycles. The van der Waals surface area contributed by atoms with E-state index in [9.17, 15) is 0 Å². The topological polar surface area (TPSA) is 20.2 Å². The highest BCUT2D eigenvalue weighted by molar-refractivity contribution is 4.59. The molecule has 1 nitrogen and oxygen atoms in total. The summed E-state index contributed by atoms with van der Waals surface area (Å²) < 4.78 is 0. The van der Waals surface area contributed by atoms with Crippen molar-refractivity contribution in [1.82, 2.24) is 0 Å². The minimum atomic E-state index is 0.386. The Hall–Kier alpha value is -0.0400. The van der Waals surface area contributed by atoms with Crippen molar-refractivity contribution in [3.05, 3.63) is 6.61 Å². The van der Waals surface area contributed by atoms with E-state index in [2.05, 4.69) is 6.92 Å². The lowest BCUT2D eigenvalue weighted by Crippen LogP contribution is -1.93. The molecule has 0 aromatic rings. The quantitative estimate of drug-likeness (QED) is 0.566. The van der Waals surface area contributed by atoms with E-state index in [1.165, 1.54) is 25.9 Å². The fraction of sp³-hybridized carbons (Fsp3) is 0.875. The van der Waals surface area contributed by atoms with Crippen molar-refractivity contribution in [1.29, 1.82) is 0 Å². The summed E-state index contributed by atoms with van der Waals surface area (Å²) in [4.78, 5) is 0. The average Bonchev–Trinajstić information content (AvgIpc) is 1.89. The molecule has 0 aromatic carbocycles. The van der Waals surface area contributed by atoms with Gasteiger partial charge in [0.2, 0.25) is 0 Å². The van der Waals surface area contributed by atoms with Gasteiger partial charge in [0.25, 0.3) is 0 Å². The third-order valence-electron chi connectivity index (χ3n) is 1.52. The van der Waals surface area contributed by atoms with E-state index in [1.807, 2.05) is 6.92 Å². The van der Waals surface area contributed by atoms with Crippen LogP contribution in [0.4, 0.5) is 0 Å². The zero-order valence-electron chi connectivity index (χ0n) is 6.43. The molecule has 0 bridgehead atoms. The lowest BCUT2D eigenvalue weighted by molar-refractivity contribution is 0.312. The van der Waals surface area contributed by atoms with Crippen LogP contribution in [0.25, 0.3) is 0 Å². The van der Waals surface area contributed by atoms with Crippen LogP contribution in [0.2, 0.25) is 0 Å². The Kier molecular flexibility index (Phi) is 6.06. The Labute approximate surface area is 58.1 Å². The van der Waals surface area contributed by atoms with E-state index in [0.29, 0.717) is 5.92 Å². The Morgan fingerprint density at radius 3 is 2.56 bits per heavy atom. The molecule has 0 aliphatic rings. The number of aliphatic hydroxyl groups excluding tert-OH is 1. The first-order chi connectivity index (χ1) is 4.31. The summed E-state index contributed by atoms with van der Waals surface area (Å²) in [6.45, 7) is 5.51. The first-order valence-electron chi connectivity index (χ1n) is 3.78. The molecule has 1 unspecified atom stereocenters. The summed E-state index contributed by atoms with van der Waals surface area (Å²) in [5, 5.41) is 8.51. The van der Waals surface area contributed by atoms with Crippen molar-refractivity contribution in [2.75, 3.05) is 0 Å². The first-order valence-corrected chi connectivity index (χ1v) is 3.78. The van der Waals surface area contributed by atoms with Crippen LogP contribution in [0.1, 0.15) is 39.5 Å². The van der Waals surface area contributed by atoms with Crippen molar-refractivity contribution >= 4 is 0 Å². The third kappa shape index (κ3) is 5.84. The largest absolute Gasteiger partial charge is 0.390 e. The van der Waals surface area contributed by atoms with Gasteiger partial charge in [-0.2, -0.15) is 0 Å². The van der Waals surface area contributed by atoms with Crippen molar-refractivity contribution in [2.24, 2.45) is 5.92 Å². The van der Waals surface area contributed by atoms with Crippen LogP contribution in [0.5, 0.6) is 0 Å². The molecular formula is C8H17O. The Morgan fingerprint density at radius 1 is 1.44 bits per heavy atom. The first kappa shape index (κ1) is 8.96. The van der Waals surface area contributed by atoms with Gasteiger partial charge in [-0.25, -0.2) is 0 Å². The second-order valence-corrected chi connectivity index (χ2v) is 2.62. The fourth-order valence-electron chi connectivity index (χ4n) is 0.791. The van der Waals surface area contributed by atoms with E-state index in [0.717, 1.165) is 6.42 Å². The van der Waals surface area contributed by atoms with E-state index in [1.54, 1.807) is 0 Å². The maximum Gasteiger partial charge on any atom is 0.0827 e. The summed E-state index contributed by atoms with van der Waals surface area (Å²) in [7, 11) is 0. The summed E-state index contributed by atoms with van der Waals surface area (Å²) in [5.41, 5.74) is 0. The minimum absolute atomic E-state index is 0.386. The Bertz CT molecular complexity index is 52.5. The SMILES string of the molecule is CCCCCC(C)[CH]O. The number of aliphatic hydroxyl groups is 1. The van der Waals surface area contributed by atoms with Gasteiger partial charge in [0, 0.05) is 0 Å². The summed E-state index contributed by atoms with van der Waals surface area (Å²) in [6, 6.07) is 0. The van der Waals surface area contributed by atoms with Crippen LogP contribution in [0.15, 0.2) is 0 Å². The Balaban J connectivity index is 2.88. The number of hydrogen-bond donors (Lipinski definition) is 1. The van der Waals surface area contributed by atoms with Gasteiger partial charge >= 0.3 is 0 Å². The van der Waals surface area contributed by atoms with Gasteiger partial charge < -0.3 is 5.11 Å². The van der Waals surface area contributed by atoms with Gasteiger partial charge in [-0.05, 0) is 12.3 Å². The molecule has 55 valence electrons. The van der Waals surface area contributed by atoms with Gasteiger partial charge in [-0.1, -0.05) is 33.1 Å². The molecule has 0 saturated carbocycles. The highest BCUT2D eigenvalue weighted by Gasteiger charge is 1.97. The van der Waals surface area contributed by atoms with Crippen molar-refractivity contribution in [2.45, 2.75) is 39.5 Å². The van der Waals surface area contributed by atoms with E-state index in [-0.39, 0.29) is 0 Å². The zero-order chi connectivity index (χ0) is 7.11. The monoisotopic (exact) mass is 129 g/mol. The average molecular weight is 129 g/mol. The van der Waals surface area contributed by atoms with E-state index in [4.69, 9.17) is 5.11 Å². The molecule has 0 aliphatic carbocycles. The van der Waals surface area contributed by atoms with Crippen LogP contribution in [-0.4, -0.2) is 5.11 Å². The molecule has 0 aliphatic heterocycles. The molecule has 1 N–H and O–H groups in total. The number of rotatable bonds is 5. The van der Waals surface area contributed by atoms with Gasteiger partial charge in [-0.3, -0.25) is 0 Å². The van der Waals surface area contributed by atoms with Crippen LogP contribution < -0.4 is 0 Å². The predicted molar refractivity (Wildman–Crippen MR) is 39.5 cm³/mol. The van der Waals surface area contributed by atoms with Crippen molar-refractivity contribution in [3.8, 4) is 0 Å². The maximum absolute atomic E-state index is 8.51. The standard InChI is InChI=1S/C8H17O/c1-3-4-5-6-8(2)7-9/h7-9H,3-6H2,1-2H3. The predicted octanol–water partition coefficient (Wildman–Crippen LogP) is 2.74. The third-order valence-corrected chi connectivity index (χ3v) is 1.52. The van der Waals surface area contributed by atoms with Crippen molar-refractivity contribution < 1.29 is 5.11 Å². The van der Waals surface area contributed by atoms with Crippen molar-refractivity contribution in [3.63, 3.8) is 0 Å². The lowest BCUT2D eigenvalue weighted by Gasteiger charge is -2.04. The van der Waals surface area contributed by atoms with Crippen LogP contribution in [0, 0.1) is 12.5 Å². The smallest absolute Gasteiger partial charge is 0.0827 e. The molecule has 0 aromatic heterocycles. The Morgan fingerprint density at radius 2 is 2.11 bits per heavy atom. The molecule has 0 fully saturated rings. The molecule has 0 heterocycles. The highest BCUT2D eigenvalue weighted by atomic mass is 16.3. The number of hydrogen-bond acceptors (Lipinski definition) is 1. The molecule has 0 amide bonds. The molecule has 9 heavy (non-hydrogen) atoms. The van der Waals surface area contributed by atoms with Gasteiger partial charge in [0.05, 0.1) is 6.61 Å². The molecule has 1 atom stereocenters. The normalized spacial score (nSPS) is 13.7. The summed E-state index contributed by atoms with van der Waals surface area (Å²) >= 11 is 0. The van der Waals surface area contributed by atoms with Crippen LogP contribution >= 0.6 is 0 Å². The molecular weight excluding hydrogens is 112 g/mol. The fourth-order valence-corrected chi connectivity index (χ4v) is 0.791. The highest BCUT2D eigenvalue weighted by Crippen LogP contribution is 2.09. The molecule has 0 spiro atoms. The maximum atomic E-state index is 8.51. The minimum Gasteiger partial charge on any atom is -0.390 e. The summed E-state index contributed by atoms with van der Waals surface area (Å²) in [6.07, 6.45) is 4.93. The number of unbranched alkanes of at least 4 members (excludes halogenated alkanes) is 2. The summed E-state index contributed by atoms with van der Waals surface area (Å²) in [5.74, 6) is 0.386. The van der Waals surface area contributed by atoms with Gasteiger partial charge in [0.1, 0.15) is 0 Å². The van der Waals surface area contributed by atoms with Gasteiger partial charge in [0.15, 0.2) is 0 Å². The van der Waals surface area contributed by atoms with Gasteiger partial charge in [-0.15, -0.1) is 0 Å². The van der Waals surface area contributed by atoms with Crippen LogP contribution in [0.3, 0.4) is 0 Å². The second-order valence-electron chi connectivity index (χ2n) is 2.62. The molecule has 1 heteroatoms. The van der Waals surface area contributed by atoms with Crippen LogP contribution in [-0.2, 0) is 0 Å². The van der Waals surface area contributed by atoms with E-state index < -0.39 is 0 Å². The lowest BCUT2D eigenvalue weighted by atomic mass is 10.0. The zero-order valence-corrected chi connectivity index (χ0v) is 6.43.